The minimum absolute atomic E-state index is 0.187. The second kappa shape index (κ2) is 6.59. The summed E-state index contributed by atoms with van der Waals surface area (Å²) in [5.74, 6) is 0.187. The number of hydrogen-bond donors (Lipinski definition) is 2. The number of likely N-dealkylation sites (N-methyl/N-ethyl adjacent to an activating group) is 1. The lowest BCUT2D eigenvalue weighted by Gasteiger charge is -2.26. The van der Waals surface area contributed by atoms with Crippen molar-refractivity contribution < 1.29 is 5.11 Å². The van der Waals surface area contributed by atoms with E-state index in [9.17, 15) is 5.11 Å². The van der Waals surface area contributed by atoms with Gasteiger partial charge in [0.1, 0.15) is 5.70 Å². The van der Waals surface area contributed by atoms with Gasteiger partial charge in [-0.25, -0.2) is 5.01 Å². The van der Waals surface area contributed by atoms with E-state index < -0.39 is 0 Å². The van der Waals surface area contributed by atoms with Gasteiger partial charge in [-0.3, -0.25) is 5.43 Å². The maximum Gasteiger partial charge on any atom is 0.237 e. The van der Waals surface area contributed by atoms with Gasteiger partial charge in [-0.1, -0.05) is 35.9 Å². The van der Waals surface area contributed by atoms with Crippen LogP contribution >= 0.6 is 11.6 Å². The number of anilines is 1. The minimum atomic E-state index is 0.187. The van der Waals surface area contributed by atoms with Crippen LogP contribution in [0.2, 0.25) is 5.02 Å². The molecule has 0 bridgehead atoms. The van der Waals surface area contributed by atoms with E-state index in [0.29, 0.717) is 5.02 Å². The number of halogens is 1. The highest BCUT2D eigenvalue weighted by Crippen LogP contribution is 2.31. The highest BCUT2D eigenvalue weighted by Gasteiger charge is 2.33. The zero-order valence-electron chi connectivity index (χ0n) is 14.8. The third-order valence-corrected chi connectivity index (χ3v) is 4.82. The standard InChI is InChI=1S/C20H21ClN4O/c1-23(2)11-12-24-13-14-5-3-4-6-17(14)18-19(24)20(26)25(22-18)16-9-7-15(21)8-10-16/h3-10,13,22,26H,11-12H2,1-2H3. The number of aliphatic hydroxyl groups excluding tert-OH is 1. The lowest BCUT2D eigenvalue weighted by Crippen LogP contribution is -2.42. The van der Waals surface area contributed by atoms with E-state index in [-0.39, 0.29) is 5.88 Å². The molecule has 2 aromatic rings. The number of benzene rings is 2. The van der Waals surface area contributed by atoms with Gasteiger partial charge >= 0.3 is 0 Å². The molecule has 0 fully saturated rings. The first-order valence-electron chi connectivity index (χ1n) is 8.53. The SMILES string of the molecule is CN(C)CCN1C=c2ccccc2=C2NN(c3ccc(Cl)cc3)C(O)=C21. The van der Waals surface area contributed by atoms with Crippen LogP contribution in [0.25, 0.3) is 11.9 Å². The maximum atomic E-state index is 11.0. The number of aliphatic hydroxyl groups is 1. The first kappa shape index (κ1) is 16.8. The van der Waals surface area contributed by atoms with Gasteiger partial charge in [-0.15, -0.1) is 0 Å². The largest absolute Gasteiger partial charge is 0.492 e. The molecule has 0 amide bonds. The topological polar surface area (TPSA) is 42.0 Å². The molecule has 0 unspecified atom stereocenters. The average Bonchev–Trinajstić information content (AvgIpc) is 2.98. The van der Waals surface area contributed by atoms with Gasteiger partial charge in [0, 0.05) is 34.7 Å². The van der Waals surface area contributed by atoms with E-state index in [4.69, 9.17) is 11.6 Å². The lowest BCUT2D eigenvalue weighted by atomic mass is 10.1. The van der Waals surface area contributed by atoms with Crippen LogP contribution in [-0.4, -0.2) is 42.1 Å². The number of fused-ring (bicyclic) bond motifs is 2. The molecule has 0 radical (unpaired) electrons. The van der Waals surface area contributed by atoms with Crippen LogP contribution in [-0.2, 0) is 0 Å². The highest BCUT2D eigenvalue weighted by atomic mass is 35.5. The van der Waals surface area contributed by atoms with Crippen LogP contribution in [0, 0.1) is 0 Å². The van der Waals surface area contributed by atoms with Crippen molar-refractivity contribution >= 4 is 29.2 Å². The van der Waals surface area contributed by atoms with Gasteiger partial charge < -0.3 is 14.9 Å². The Hall–Kier alpha value is -2.63. The fraction of sp³-hybridized carbons (Fsp3) is 0.200. The summed E-state index contributed by atoms with van der Waals surface area (Å²) in [5.41, 5.74) is 5.89. The summed E-state index contributed by atoms with van der Waals surface area (Å²) in [6.45, 7) is 1.66. The molecule has 2 aliphatic rings. The normalized spacial score (nSPS) is 15.8. The summed E-state index contributed by atoms with van der Waals surface area (Å²) in [7, 11) is 4.09. The predicted molar refractivity (Wildman–Crippen MR) is 106 cm³/mol. The zero-order valence-corrected chi connectivity index (χ0v) is 15.5. The van der Waals surface area contributed by atoms with Crippen LogP contribution < -0.4 is 20.9 Å². The van der Waals surface area contributed by atoms with Crippen LogP contribution in [0.4, 0.5) is 5.69 Å². The number of hydrogen-bond acceptors (Lipinski definition) is 5. The molecule has 0 saturated carbocycles. The third kappa shape index (κ3) is 2.89. The van der Waals surface area contributed by atoms with E-state index in [0.717, 1.165) is 40.6 Å². The average molecular weight is 369 g/mol. The number of nitrogens with one attached hydrogen (secondary N) is 1. The molecule has 26 heavy (non-hydrogen) atoms. The van der Waals surface area contributed by atoms with Crippen LogP contribution in [0.5, 0.6) is 0 Å². The smallest absolute Gasteiger partial charge is 0.237 e. The van der Waals surface area contributed by atoms with Gasteiger partial charge in [0.15, 0.2) is 0 Å². The summed E-state index contributed by atoms with van der Waals surface area (Å²) >= 11 is 6.00. The van der Waals surface area contributed by atoms with Crippen LogP contribution in [0.1, 0.15) is 0 Å². The zero-order chi connectivity index (χ0) is 18.3. The van der Waals surface area contributed by atoms with E-state index in [1.165, 1.54) is 0 Å². The second-order valence-corrected chi connectivity index (χ2v) is 7.12. The molecule has 2 aliphatic heterocycles. The van der Waals surface area contributed by atoms with Gasteiger partial charge in [0.05, 0.1) is 11.4 Å². The van der Waals surface area contributed by atoms with Gasteiger partial charge in [0.25, 0.3) is 0 Å². The quantitative estimate of drug-likeness (QED) is 0.861. The molecule has 0 atom stereocenters. The van der Waals surface area contributed by atoms with Gasteiger partial charge in [-0.05, 0) is 38.4 Å². The van der Waals surface area contributed by atoms with Crippen LogP contribution in [0.15, 0.2) is 60.1 Å². The molecule has 0 spiro atoms. The van der Waals surface area contributed by atoms with E-state index >= 15 is 0 Å². The van der Waals surface area contributed by atoms with E-state index in [2.05, 4.69) is 33.6 Å². The second-order valence-electron chi connectivity index (χ2n) is 6.68. The Morgan fingerprint density at radius 1 is 1.08 bits per heavy atom. The Morgan fingerprint density at radius 3 is 2.54 bits per heavy atom. The van der Waals surface area contributed by atoms with Crippen molar-refractivity contribution in [2.24, 2.45) is 0 Å². The van der Waals surface area contributed by atoms with Crippen molar-refractivity contribution in [3.8, 4) is 0 Å². The van der Waals surface area contributed by atoms with E-state index in [1.54, 1.807) is 5.01 Å². The monoisotopic (exact) mass is 368 g/mol. The fourth-order valence-electron chi connectivity index (χ4n) is 3.23. The summed E-state index contributed by atoms with van der Waals surface area (Å²) < 4.78 is 0. The molecule has 2 aromatic carbocycles. The molecule has 5 nitrogen and oxygen atoms in total. The summed E-state index contributed by atoms with van der Waals surface area (Å²) in [5, 5.41) is 15.5. The highest BCUT2D eigenvalue weighted by molar-refractivity contribution is 6.30. The molecule has 2 heterocycles. The van der Waals surface area contributed by atoms with Crippen molar-refractivity contribution in [2.45, 2.75) is 0 Å². The Morgan fingerprint density at radius 2 is 1.81 bits per heavy atom. The molecule has 0 aromatic heterocycles. The number of hydrazine groups is 1. The lowest BCUT2D eigenvalue weighted by molar-refractivity contribution is 0.339. The van der Waals surface area contributed by atoms with Gasteiger partial charge in [-0.2, -0.15) is 0 Å². The van der Waals surface area contributed by atoms with Crippen molar-refractivity contribution in [3.05, 3.63) is 75.6 Å². The van der Waals surface area contributed by atoms with Crippen molar-refractivity contribution in [2.75, 3.05) is 32.2 Å². The molecule has 6 heteroatoms. The summed E-state index contributed by atoms with van der Waals surface area (Å²) in [4.78, 5) is 4.24. The Balaban J connectivity index is 1.83. The van der Waals surface area contributed by atoms with Gasteiger partial charge in [0.2, 0.25) is 5.88 Å². The molecule has 0 aliphatic carbocycles. The molecule has 2 N–H and O–H groups in total. The summed E-state index contributed by atoms with van der Waals surface area (Å²) in [6.07, 6.45) is 2.10. The Bertz CT molecular complexity index is 982. The fourth-order valence-corrected chi connectivity index (χ4v) is 3.35. The number of nitrogens with zero attached hydrogens (tertiary/aromatic N) is 3. The maximum absolute atomic E-state index is 11.0. The van der Waals surface area contributed by atoms with Crippen molar-refractivity contribution in [1.29, 1.82) is 0 Å². The third-order valence-electron chi connectivity index (χ3n) is 4.57. The minimum Gasteiger partial charge on any atom is -0.492 e. The summed E-state index contributed by atoms with van der Waals surface area (Å²) in [6, 6.07) is 15.6. The van der Waals surface area contributed by atoms with Crippen molar-refractivity contribution in [1.82, 2.24) is 15.2 Å². The van der Waals surface area contributed by atoms with Crippen LogP contribution in [0.3, 0.4) is 0 Å². The van der Waals surface area contributed by atoms with Crippen molar-refractivity contribution in [3.63, 3.8) is 0 Å². The molecule has 0 saturated heterocycles. The molecular formula is C20H21ClN4O. The number of rotatable bonds is 4. The predicted octanol–water partition coefficient (Wildman–Crippen LogP) is 1.82. The first-order valence-corrected chi connectivity index (χ1v) is 8.91. The first-order chi connectivity index (χ1) is 12.5. The molecule has 4 rings (SSSR count). The Labute approximate surface area is 157 Å². The molecular weight excluding hydrogens is 348 g/mol. The Kier molecular flexibility index (Phi) is 4.26. The van der Waals surface area contributed by atoms with E-state index in [1.807, 2.05) is 50.5 Å². The molecule has 134 valence electrons.